The molecule has 20 heavy (non-hydrogen) atoms. The highest BCUT2D eigenvalue weighted by molar-refractivity contribution is 5.76. The van der Waals surface area contributed by atoms with Crippen LogP contribution >= 0.6 is 0 Å². The number of rotatable bonds is 4. The summed E-state index contributed by atoms with van der Waals surface area (Å²) in [5.74, 6) is 1.09. The molecule has 0 aromatic rings. The van der Waals surface area contributed by atoms with Crippen molar-refractivity contribution in [2.75, 3.05) is 52.5 Å². The van der Waals surface area contributed by atoms with Crippen molar-refractivity contribution in [1.82, 2.24) is 15.1 Å². The molecule has 0 spiro atoms. The van der Waals surface area contributed by atoms with Gasteiger partial charge >= 0.3 is 0 Å². The highest BCUT2D eigenvalue weighted by atomic mass is 16.5. The molecular formula is C15H27N3O2. The Bertz CT molecular complexity index is 325. The number of hydrogen-bond acceptors (Lipinski definition) is 4. The normalized spacial score (nSPS) is 31.9. The molecule has 3 heterocycles. The maximum atomic E-state index is 12.3. The minimum absolute atomic E-state index is 0.368. The van der Waals surface area contributed by atoms with Gasteiger partial charge in [0.05, 0.1) is 13.2 Å². The number of hydrogen-bond donors (Lipinski definition) is 1. The fraction of sp³-hybridized carbons (Fsp3) is 0.933. The Balaban J connectivity index is 1.40. The minimum atomic E-state index is 0.368. The van der Waals surface area contributed by atoms with Crippen molar-refractivity contribution in [2.45, 2.75) is 31.7 Å². The Hall–Kier alpha value is -0.650. The number of amides is 1. The van der Waals surface area contributed by atoms with E-state index in [1.807, 2.05) is 0 Å². The van der Waals surface area contributed by atoms with Crippen molar-refractivity contribution in [3.63, 3.8) is 0 Å². The quantitative estimate of drug-likeness (QED) is 0.805. The van der Waals surface area contributed by atoms with Gasteiger partial charge in [-0.1, -0.05) is 0 Å². The molecule has 0 saturated carbocycles. The van der Waals surface area contributed by atoms with Crippen LogP contribution in [0, 0.1) is 5.92 Å². The molecule has 3 aliphatic heterocycles. The van der Waals surface area contributed by atoms with Crippen LogP contribution in [-0.2, 0) is 9.53 Å². The SMILES string of the molecule is O=C(CCC1CCNC1)N1CCC(N2CCOCC2)C1. The monoisotopic (exact) mass is 281 g/mol. The second-order valence-electron chi connectivity index (χ2n) is 6.33. The first-order valence-corrected chi connectivity index (χ1v) is 8.13. The fourth-order valence-electron chi connectivity index (χ4n) is 3.66. The van der Waals surface area contributed by atoms with Crippen molar-refractivity contribution in [3.8, 4) is 0 Å². The largest absolute Gasteiger partial charge is 0.379 e. The van der Waals surface area contributed by atoms with Crippen LogP contribution in [0.5, 0.6) is 0 Å². The smallest absolute Gasteiger partial charge is 0.222 e. The molecule has 2 unspecified atom stereocenters. The van der Waals surface area contributed by atoms with Gasteiger partial charge in [-0.05, 0) is 38.3 Å². The van der Waals surface area contributed by atoms with E-state index < -0.39 is 0 Å². The number of ether oxygens (including phenoxy) is 1. The molecule has 3 rings (SSSR count). The van der Waals surface area contributed by atoms with Crippen molar-refractivity contribution in [1.29, 1.82) is 0 Å². The van der Waals surface area contributed by atoms with Gasteiger partial charge < -0.3 is 15.0 Å². The topological polar surface area (TPSA) is 44.8 Å². The third kappa shape index (κ3) is 3.51. The third-order valence-electron chi connectivity index (χ3n) is 5.01. The molecule has 3 fully saturated rings. The van der Waals surface area contributed by atoms with Crippen molar-refractivity contribution in [3.05, 3.63) is 0 Å². The number of carbonyl (C=O) groups excluding carboxylic acids is 1. The lowest BCUT2D eigenvalue weighted by Gasteiger charge is -2.32. The van der Waals surface area contributed by atoms with Crippen LogP contribution in [-0.4, -0.2) is 74.2 Å². The Morgan fingerprint density at radius 2 is 2.05 bits per heavy atom. The maximum absolute atomic E-state index is 12.3. The molecular weight excluding hydrogens is 254 g/mol. The molecule has 5 nitrogen and oxygen atoms in total. The number of likely N-dealkylation sites (tertiary alicyclic amines) is 1. The molecule has 0 aromatic heterocycles. The van der Waals surface area contributed by atoms with E-state index in [2.05, 4.69) is 15.1 Å². The maximum Gasteiger partial charge on any atom is 0.222 e. The number of carbonyl (C=O) groups is 1. The Kier molecular flexibility index (Phi) is 4.91. The molecule has 0 aromatic carbocycles. The van der Waals surface area contributed by atoms with E-state index in [9.17, 15) is 4.79 Å². The van der Waals surface area contributed by atoms with Gasteiger partial charge in [0.2, 0.25) is 5.91 Å². The summed E-state index contributed by atoms with van der Waals surface area (Å²) in [6.07, 6.45) is 4.17. The summed E-state index contributed by atoms with van der Waals surface area (Å²) in [6, 6.07) is 0.566. The van der Waals surface area contributed by atoms with Crippen LogP contribution in [0.15, 0.2) is 0 Å². The van der Waals surface area contributed by atoms with Crippen molar-refractivity contribution in [2.24, 2.45) is 5.92 Å². The van der Waals surface area contributed by atoms with E-state index in [1.165, 1.54) is 6.42 Å². The summed E-state index contributed by atoms with van der Waals surface area (Å²) in [5, 5.41) is 3.37. The van der Waals surface area contributed by atoms with Crippen LogP contribution in [0.4, 0.5) is 0 Å². The molecule has 114 valence electrons. The van der Waals surface area contributed by atoms with Gasteiger partial charge in [-0.15, -0.1) is 0 Å². The van der Waals surface area contributed by atoms with Crippen LogP contribution in [0.25, 0.3) is 0 Å². The molecule has 3 saturated heterocycles. The highest BCUT2D eigenvalue weighted by Crippen LogP contribution is 2.20. The summed E-state index contributed by atoms with van der Waals surface area (Å²) in [4.78, 5) is 16.9. The van der Waals surface area contributed by atoms with E-state index in [0.29, 0.717) is 11.9 Å². The lowest BCUT2D eigenvalue weighted by Crippen LogP contribution is -2.45. The summed E-state index contributed by atoms with van der Waals surface area (Å²) in [7, 11) is 0. The summed E-state index contributed by atoms with van der Waals surface area (Å²) >= 11 is 0. The first-order chi connectivity index (χ1) is 9.83. The average Bonchev–Trinajstić information content (AvgIpc) is 3.17. The van der Waals surface area contributed by atoms with E-state index in [1.54, 1.807) is 0 Å². The first-order valence-electron chi connectivity index (χ1n) is 8.13. The summed E-state index contributed by atoms with van der Waals surface area (Å²) < 4.78 is 5.40. The second kappa shape index (κ2) is 6.87. The van der Waals surface area contributed by atoms with E-state index in [0.717, 1.165) is 77.7 Å². The molecule has 0 bridgehead atoms. The Labute approximate surface area is 121 Å². The predicted octanol–water partition coefficient (Wildman–Crippen LogP) is 0.309. The standard InChI is InChI=1S/C15H27N3O2/c19-15(2-1-13-3-5-16-11-13)18-6-4-14(12-18)17-7-9-20-10-8-17/h13-14,16H,1-12H2. The predicted molar refractivity (Wildman–Crippen MR) is 77.6 cm³/mol. The van der Waals surface area contributed by atoms with E-state index in [-0.39, 0.29) is 0 Å². The van der Waals surface area contributed by atoms with Crippen LogP contribution < -0.4 is 5.32 Å². The molecule has 1 amide bonds. The zero-order valence-electron chi connectivity index (χ0n) is 12.4. The minimum Gasteiger partial charge on any atom is -0.379 e. The number of nitrogens with one attached hydrogen (secondary N) is 1. The highest BCUT2D eigenvalue weighted by Gasteiger charge is 2.31. The van der Waals surface area contributed by atoms with Crippen LogP contribution in [0.1, 0.15) is 25.7 Å². The van der Waals surface area contributed by atoms with Crippen molar-refractivity contribution >= 4 is 5.91 Å². The molecule has 0 aliphatic carbocycles. The average molecular weight is 281 g/mol. The Morgan fingerprint density at radius 3 is 2.80 bits per heavy atom. The lowest BCUT2D eigenvalue weighted by atomic mass is 10.0. The van der Waals surface area contributed by atoms with E-state index >= 15 is 0 Å². The molecule has 1 N–H and O–H groups in total. The zero-order chi connectivity index (χ0) is 13.8. The lowest BCUT2D eigenvalue weighted by molar-refractivity contribution is -0.130. The van der Waals surface area contributed by atoms with Crippen molar-refractivity contribution < 1.29 is 9.53 Å². The number of nitrogens with zero attached hydrogens (tertiary/aromatic N) is 2. The summed E-state index contributed by atoms with van der Waals surface area (Å²) in [6.45, 7) is 7.86. The van der Waals surface area contributed by atoms with Crippen LogP contribution in [0.3, 0.4) is 0 Å². The van der Waals surface area contributed by atoms with Crippen LogP contribution in [0.2, 0.25) is 0 Å². The molecule has 2 atom stereocenters. The number of morpholine rings is 1. The van der Waals surface area contributed by atoms with Gasteiger partial charge in [-0.25, -0.2) is 0 Å². The van der Waals surface area contributed by atoms with E-state index in [4.69, 9.17) is 4.74 Å². The Morgan fingerprint density at radius 1 is 1.20 bits per heavy atom. The third-order valence-corrected chi connectivity index (χ3v) is 5.01. The van der Waals surface area contributed by atoms with Gasteiger partial charge in [-0.3, -0.25) is 9.69 Å². The summed E-state index contributed by atoms with van der Waals surface area (Å²) in [5.41, 5.74) is 0. The fourth-order valence-corrected chi connectivity index (χ4v) is 3.66. The first kappa shape index (κ1) is 14.3. The zero-order valence-corrected chi connectivity index (χ0v) is 12.4. The second-order valence-corrected chi connectivity index (χ2v) is 6.33. The van der Waals surface area contributed by atoms with Gasteiger partial charge in [0, 0.05) is 38.6 Å². The van der Waals surface area contributed by atoms with Gasteiger partial charge in [0.1, 0.15) is 0 Å². The van der Waals surface area contributed by atoms with Gasteiger partial charge in [0.15, 0.2) is 0 Å². The molecule has 5 heteroatoms. The van der Waals surface area contributed by atoms with Gasteiger partial charge in [0.25, 0.3) is 0 Å². The van der Waals surface area contributed by atoms with Gasteiger partial charge in [-0.2, -0.15) is 0 Å². The molecule has 0 radical (unpaired) electrons. The molecule has 3 aliphatic rings.